The fourth-order valence-corrected chi connectivity index (χ4v) is 3.31. The Morgan fingerprint density at radius 3 is 2.33 bits per heavy atom. The number of amides is 1. The molecule has 0 spiro atoms. The predicted octanol–water partition coefficient (Wildman–Crippen LogP) is 4.32. The Morgan fingerprint density at radius 2 is 1.75 bits per heavy atom. The zero-order chi connectivity index (χ0) is 16.9. The Bertz CT molecular complexity index is 780. The molecule has 2 aromatic rings. The first-order chi connectivity index (χ1) is 11.6. The number of rotatable bonds is 5. The standard InChI is InChI=1S/C19H17NO2S2/c1-2-13-3-5-15(6-4-13)12-22-16-9-7-14(8-10-16)11-17-18(21)20-19(23)24-17/h3-11H,2,12H2,1H3,(H,20,21,23). The van der Waals surface area contributed by atoms with Gasteiger partial charge in [-0.3, -0.25) is 4.79 Å². The molecule has 1 heterocycles. The van der Waals surface area contributed by atoms with E-state index in [2.05, 4.69) is 36.5 Å². The van der Waals surface area contributed by atoms with Crippen LogP contribution in [0.25, 0.3) is 6.08 Å². The van der Waals surface area contributed by atoms with Crippen molar-refractivity contribution in [1.82, 2.24) is 5.32 Å². The highest BCUT2D eigenvalue weighted by atomic mass is 32.2. The molecule has 0 radical (unpaired) electrons. The molecule has 1 aliphatic rings. The van der Waals surface area contributed by atoms with E-state index in [-0.39, 0.29) is 5.91 Å². The monoisotopic (exact) mass is 355 g/mol. The van der Waals surface area contributed by atoms with Gasteiger partial charge in [0.25, 0.3) is 5.91 Å². The first-order valence-corrected chi connectivity index (χ1v) is 8.92. The van der Waals surface area contributed by atoms with Crippen molar-refractivity contribution in [3.8, 4) is 5.75 Å². The van der Waals surface area contributed by atoms with Crippen molar-refractivity contribution in [3.05, 3.63) is 70.1 Å². The minimum absolute atomic E-state index is 0.138. The first-order valence-electron chi connectivity index (χ1n) is 7.69. The number of thiocarbonyl (C=S) groups is 1. The molecule has 122 valence electrons. The van der Waals surface area contributed by atoms with Crippen LogP contribution in [0.4, 0.5) is 0 Å². The van der Waals surface area contributed by atoms with Crippen LogP contribution in [0.3, 0.4) is 0 Å². The van der Waals surface area contributed by atoms with Crippen LogP contribution in [0.5, 0.6) is 5.75 Å². The molecule has 2 aromatic carbocycles. The molecule has 0 atom stereocenters. The summed E-state index contributed by atoms with van der Waals surface area (Å²) < 4.78 is 6.30. The molecule has 3 rings (SSSR count). The topological polar surface area (TPSA) is 38.3 Å². The SMILES string of the molecule is CCc1ccc(COc2ccc(C=C3SC(=S)NC3=O)cc2)cc1. The fourth-order valence-electron chi connectivity index (χ4n) is 2.27. The second-order valence-electron chi connectivity index (χ2n) is 5.38. The number of carbonyl (C=O) groups is 1. The van der Waals surface area contributed by atoms with E-state index in [9.17, 15) is 4.79 Å². The van der Waals surface area contributed by atoms with Crippen LogP contribution < -0.4 is 10.1 Å². The van der Waals surface area contributed by atoms with E-state index >= 15 is 0 Å². The smallest absolute Gasteiger partial charge is 0.263 e. The van der Waals surface area contributed by atoms with Gasteiger partial charge in [-0.1, -0.05) is 67.3 Å². The summed E-state index contributed by atoms with van der Waals surface area (Å²) >= 11 is 6.26. The normalized spacial score (nSPS) is 15.6. The van der Waals surface area contributed by atoms with Crippen molar-refractivity contribution in [2.24, 2.45) is 0 Å². The van der Waals surface area contributed by atoms with Crippen LogP contribution in [0.2, 0.25) is 0 Å². The van der Waals surface area contributed by atoms with E-state index in [1.807, 2.05) is 30.3 Å². The molecule has 1 fully saturated rings. The minimum atomic E-state index is -0.138. The Balaban J connectivity index is 1.61. The molecule has 0 bridgehead atoms. The Hall–Kier alpha value is -2.11. The van der Waals surface area contributed by atoms with Gasteiger partial charge in [0.2, 0.25) is 0 Å². The zero-order valence-corrected chi connectivity index (χ0v) is 14.9. The number of ether oxygens (including phenoxy) is 1. The zero-order valence-electron chi connectivity index (χ0n) is 13.2. The van der Waals surface area contributed by atoms with Gasteiger partial charge in [-0.2, -0.15) is 0 Å². The summed E-state index contributed by atoms with van der Waals surface area (Å²) in [5.74, 6) is 0.664. The van der Waals surface area contributed by atoms with E-state index in [1.165, 1.54) is 17.3 Å². The average molecular weight is 355 g/mol. The number of carbonyl (C=O) groups excluding carboxylic acids is 1. The third-order valence-corrected chi connectivity index (χ3v) is 4.82. The maximum absolute atomic E-state index is 11.6. The molecule has 0 unspecified atom stereocenters. The average Bonchev–Trinajstić information content (AvgIpc) is 2.92. The van der Waals surface area contributed by atoms with E-state index in [4.69, 9.17) is 17.0 Å². The Kier molecular flexibility index (Phi) is 5.33. The van der Waals surface area contributed by atoms with Gasteiger partial charge in [0, 0.05) is 0 Å². The van der Waals surface area contributed by atoms with E-state index in [0.717, 1.165) is 23.3 Å². The van der Waals surface area contributed by atoms with Crippen molar-refractivity contribution in [2.75, 3.05) is 0 Å². The van der Waals surface area contributed by atoms with Crippen LogP contribution in [-0.2, 0) is 17.8 Å². The van der Waals surface area contributed by atoms with E-state index in [1.54, 1.807) is 0 Å². The third-order valence-electron chi connectivity index (χ3n) is 3.66. The molecule has 5 heteroatoms. The number of nitrogens with one attached hydrogen (secondary N) is 1. The van der Waals surface area contributed by atoms with Crippen molar-refractivity contribution < 1.29 is 9.53 Å². The lowest BCUT2D eigenvalue weighted by Gasteiger charge is -2.07. The van der Waals surface area contributed by atoms with Gasteiger partial charge in [0.15, 0.2) is 0 Å². The van der Waals surface area contributed by atoms with Gasteiger partial charge in [0.1, 0.15) is 16.7 Å². The third kappa shape index (κ3) is 4.24. The predicted molar refractivity (Wildman–Crippen MR) is 103 cm³/mol. The lowest BCUT2D eigenvalue weighted by molar-refractivity contribution is -0.115. The molecule has 0 aliphatic carbocycles. The second kappa shape index (κ2) is 7.64. The minimum Gasteiger partial charge on any atom is -0.489 e. The van der Waals surface area contributed by atoms with E-state index in [0.29, 0.717) is 15.8 Å². The summed E-state index contributed by atoms with van der Waals surface area (Å²) in [6, 6.07) is 16.1. The van der Waals surface area contributed by atoms with Crippen LogP contribution in [0.1, 0.15) is 23.6 Å². The molecule has 24 heavy (non-hydrogen) atoms. The summed E-state index contributed by atoms with van der Waals surface area (Å²) in [7, 11) is 0. The number of hydrogen-bond acceptors (Lipinski definition) is 4. The quantitative estimate of drug-likeness (QED) is 0.640. The summed E-state index contributed by atoms with van der Waals surface area (Å²) in [4.78, 5) is 12.3. The van der Waals surface area contributed by atoms with Crippen molar-refractivity contribution in [2.45, 2.75) is 20.0 Å². The van der Waals surface area contributed by atoms with E-state index < -0.39 is 0 Å². The largest absolute Gasteiger partial charge is 0.489 e. The molecular formula is C19H17NO2S2. The van der Waals surface area contributed by atoms with Gasteiger partial charge in [-0.25, -0.2) is 0 Å². The maximum Gasteiger partial charge on any atom is 0.263 e. The van der Waals surface area contributed by atoms with Crippen LogP contribution >= 0.6 is 24.0 Å². The van der Waals surface area contributed by atoms with Gasteiger partial charge in [-0.05, 0) is 41.3 Å². The Labute approximate surface area is 151 Å². The molecule has 0 aromatic heterocycles. The highest BCUT2D eigenvalue weighted by Gasteiger charge is 2.21. The molecule has 1 aliphatic heterocycles. The number of hydrogen-bond donors (Lipinski definition) is 1. The molecule has 3 nitrogen and oxygen atoms in total. The molecule has 1 N–H and O–H groups in total. The number of aryl methyl sites for hydroxylation is 1. The maximum atomic E-state index is 11.6. The van der Waals surface area contributed by atoms with Crippen LogP contribution in [-0.4, -0.2) is 10.2 Å². The van der Waals surface area contributed by atoms with Gasteiger partial charge < -0.3 is 10.1 Å². The summed E-state index contributed by atoms with van der Waals surface area (Å²) in [6.07, 6.45) is 2.87. The second-order valence-corrected chi connectivity index (χ2v) is 7.10. The lowest BCUT2D eigenvalue weighted by atomic mass is 10.1. The van der Waals surface area contributed by atoms with Crippen LogP contribution in [0, 0.1) is 0 Å². The Morgan fingerprint density at radius 1 is 1.08 bits per heavy atom. The summed E-state index contributed by atoms with van der Waals surface area (Å²) in [5.41, 5.74) is 3.41. The fraction of sp³-hybridized carbons (Fsp3) is 0.158. The summed E-state index contributed by atoms with van der Waals surface area (Å²) in [6.45, 7) is 2.68. The molecule has 1 saturated heterocycles. The van der Waals surface area contributed by atoms with Crippen LogP contribution in [0.15, 0.2) is 53.4 Å². The van der Waals surface area contributed by atoms with Crippen molar-refractivity contribution >= 4 is 40.3 Å². The highest BCUT2D eigenvalue weighted by molar-refractivity contribution is 8.26. The van der Waals surface area contributed by atoms with Gasteiger partial charge in [0.05, 0.1) is 4.91 Å². The lowest BCUT2D eigenvalue weighted by Crippen LogP contribution is -2.17. The van der Waals surface area contributed by atoms with Gasteiger partial charge in [-0.15, -0.1) is 0 Å². The molecule has 0 saturated carbocycles. The highest BCUT2D eigenvalue weighted by Crippen LogP contribution is 2.26. The van der Waals surface area contributed by atoms with Crippen molar-refractivity contribution in [1.29, 1.82) is 0 Å². The number of benzene rings is 2. The van der Waals surface area contributed by atoms with Gasteiger partial charge >= 0.3 is 0 Å². The number of thioether (sulfide) groups is 1. The first kappa shape index (κ1) is 16.7. The molecular weight excluding hydrogens is 338 g/mol. The molecule has 1 amide bonds. The summed E-state index contributed by atoms with van der Waals surface area (Å²) in [5, 5.41) is 2.61. The van der Waals surface area contributed by atoms with Crippen molar-refractivity contribution in [3.63, 3.8) is 0 Å².